The molecule has 0 aliphatic carbocycles. The highest BCUT2D eigenvalue weighted by molar-refractivity contribution is 6.31. The molecule has 3 nitrogen and oxygen atoms in total. The van der Waals surface area contributed by atoms with Gasteiger partial charge in [-0.2, -0.15) is 0 Å². The van der Waals surface area contributed by atoms with Gasteiger partial charge in [0.15, 0.2) is 0 Å². The van der Waals surface area contributed by atoms with Gasteiger partial charge in [-0.15, -0.1) is 0 Å². The zero-order valence-electron chi connectivity index (χ0n) is 9.37. The summed E-state index contributed by atoms with van der Waals surface area (Å²) in [5.74, 6) is -0.296. The first kappa shape index (κ1) is 12.5. The second kappa shape index (κ2) is 5.15. The molecule has 2 atom stereocenters. The lowest BCUT2D eigenvalue weighted by Gasteiger charge is -2.13. The Balaban J connectivity index is 2.17. The van der Waals surface area contributed by atoms with Crippen molar-refractivity contribution >= 4 is 34.9 Å². The highest BCUT2D eigenvalue weighted by Crippen LogP contribution is 2.41. The molecule has 0 fully saturated rings. The molecule has 2 unspecified atom stereocenters. The molecule has 1 aliphatic heterocycles. The number of alkyl halides is 1. The second-order valence-electron chi connectivity index (χ2n) is 3.89. The molecule has 0 saturated carbocycles. The Kier molecular flexibility index (Phi) is 3.79. The molecule has 0 saturated heterocycles. The Morgan fingerprint density at radius 1 is 1.53 bits per heavy atom. The molecule has 0 spiro atoms. The zero-order chi connectivity index (χ0) is 12.4. The van der Waals surface area contributed by atoms with Gasteiger partial charge >= 0.3 is 5.97 Å². The third kappa shape index (κ3) is 2.67. The van der Waals surface area contributed by atoms with Gasteiger partial charge in [-0.05, 0) is 24.6 Å². The molecule has 1 aromatic carbocycles. The summed E-state index contributed by atoms with van der Waals surface area (Å²) in [4.78, 5) is 11.5. The summed E-state index contributed by atoms with van der Waals surface area (Å²) in [5, 5.41) is 3.76. The van der Waals surface area contributed by atoms with Crippen LogP contribution in [0.1, 0.15) is 24.8 Å². The Morgan fingerprint density at radius 3 is 3.00 bits per heavy atom. The van der Waals surface area contributed by atoms with Gasteiger partial charge in [0.1, 0.15) is 5.50 Å². The summed E-state index contributed by atoms with van der Waals surface area (Å²) >= 11 is 12.1. The van der Waals surface area contributed by atoms with Gasteiger partial charge in [-0.25, -0.2) is 0 Å². The molecule has 1 heterocycles. The molecule has 0 radical (unpaired) electrons. The summed E-state index contributed by atoms with van der Waals surface area (Å²) in [7, 11) is 0. The van der Waals surface area contributed by atoms with Gasteiger partial charge < -0.3 is 10.1 Å². The number of nitrogens with one attached hydrogen (secondary N) is 1. The summed E-state index contributed by atoms with van der Waals surface area (Å²) < 4.78 is 4.94. The smallest absolute Gasteiger partial charge is 0.306 e. The number of rotatable bonds is 3. The lowest BCUT2D eigenvalue weighted by molar-refractivity contribution is -0.143. The third-order valence-electron chi connectivity index (χ3n) is 2.75. The molecule has 0 bridgehead atoms. The van der Waals surface area contributed by atoms with Crippen molar-refractivity contribution in [2.24, 2.45) is 0 Å². The highest BCUT2D eigenvalue weighted by Gasteiger charge is 2.32. The van der Waals surface area contributed by atoms with E-state index < -0.39 is 0 Å². The topological polar surface area (TPSA) is 38.3 Å². The number of carbonyl (C=O) groups is 1. The molecule has 0 amide bonds. The van der Waals surface area contributed by atoms with E-state index in [9.17, 15) is 4.79 Å². The molecule has 17 heavy (non-hydrogen) atoms. The van der Waals surface area contributed by atoms with Gasteiger partial charge in [0, 0.05) is 16.6 Å². The van der Waals surface area contributed by atoms with Crippen molar-refractivity contribution in [2.45, 2.75) is 24.8 Å². The molecule has 1 N–H and O–H groups in total. The van der Waals surface area contributed by atoms with E-state index in [1.54, 1.807) is 13.0 Å². The van der Waals surface area contributed by atoms with Crippen molar-refractivity contribution in [3.8, 4) is 0 Å². The van der Waals surface area contributed by atoms with Gasteiger partial charge in [-0.1, -0.05) is 29.3 Å². The maximum atomic E-state index is 11.5. The fourth-order valence-electron chi connectivity index (χ4n) is 2.00. The van der Waals surface area contributed by atoms with Crippen LogP contribution in [-0.4, -0.2) is 18.1 Å². The van der Waals surface area contributed by atoms with Gasteiger partial charge in [-0.3, -0.25) is 4.79 Å². The Hall–Kier alpha value is -0.930. The van der Waals surface area contributed by atoms with Crippen LogP contribution in [0.15, 0.2) is 18.2 Å². The predicted molar refractivity (Wildman–Crippen MR) is 68.7 cm³/mol. The van der Waals surface area contributed by atoms with Crippen molar-refractivity contribution in [2.75, 3.05) is 11.9 Å². The Labute approximate surface area is 110 Å². The SMILES string of the molecule is CCOC(=O)CC1c2ccc(Cl)cc2NC1Cl. The minimum absolute atomic E-state index is 0.0667. The number of ether oxygens (including phenoxy) is 1. The number of fused-ring (bicyclic) bond motifs is 1. The van der Waals surface area contributed by atoms with E-state index in [4.69, 9.17) is 27.9 Å². The molecule has 5 heteroatoms. The average Bonchev–Trinajstić information content (AvgIpc) is 2.55. The van der Waals surface area contributed by atoms with Gasteiger partial charge in [0.2, 0.25) is 0 Å². The minimum Gasteiger partial charge on any atom is -0.466 e. The second-order valence-corrected chi connectivity index (χ2v) is 4.80. The number of hydrogen-bond acceptors (Lipinski definition) is 3. The molecule has 1 aromatic rings. The average molecular weight is 274 g/mol. The standard InChI is InChI=1S/C12H13Cl2NO2/c1-2-17-11(16)6-9-8-4-3-7(13)5-10(8)15-12(9)14/h3-5,9,12,15H,2,6H2,1H3. The minimum atomic E-state index is -0.298. The molecule has 92 valence electrons. The Morgan fingerprint density at radius 2 is 2.29 bits per heavy atom. The van der Waals surface area contributed by atoms with E-state index in [2.05, 4.69) is 5.32 Å². The number of benzene rings is 1. The number of carbonyl (C=O) groups excluding carboxylic acids is 1. The van der Waals surface area contributed by atoms with E-state index in [0.717, 1.165) is 11.3 Å². The number of halogens is 2. The van der Waals surface area contributed by atoms with Crippen LogP contribution in [0.3, 0.4) is 0 Å². The molecule has 2 rings (SSSR count). The number of esters is 1. The maximum Gasteiger partial charge on any atom is 0.306 e. The van der Waals surface area contributed by atoms with E-state index in [0.29, 0.717) is 11.6 Å². The quantitative estimate of drug-likeness (QED) is 0.521. The first-order valence-corrected chi connectivity index (χ1v) is 6.29. The largest absolute Gasteiger partial charge is 0.466 e. The van der Waals surface area contributed by atoms with E-state index >= 15 is 0 Å². The van der Waals surface area contributed by atoms with Gasteiger partial charge in [0.25, 0.3) is 0 Å². The molecular formula is C12H13Cl2NO2. The van der Waals surface area contributed by atoms with Crippen LogP contribution < -0.4 is 5.32 Å². The third-order valence-corrected chi connectivity index (χ3v) is 3.40. The maximum absolute atomic E-state index is 11.5. The van der Waals surface area contributed by atoms with Crippen LogP contribution >= 0.6 is 23.2 Å². The summed E-state index contributed by atoms with van der Waals surface area (Å²) in [5.41, 5.74) is 1.61. The zero-order valence-corrected chi connectivity index (χ0v) is 10.9. The predicted octanol–water partition coefficient (Wildman–Crippen LogP) is 3.37. The van der Waals surface area contributed by atoms with Crippen LogP contribution in [0.25, 0.3) is 0 Å². The molecule has 1 aliphatic rings. The van der Waals surface area contributed by atoms with Crippen LogP contribution in [-0.2, 0) is 9.53 Å². The highest BCUT2D eigenvalue weighted by atomic mass is 35.5. The van der Waals surface area contributed by atoms with Crippen LogP contribution in [0.2, 0.25) is 5.02 Å². The van der Waals surface area contributed by atoms with Crippen LogP contribution in [0, 0.1) is 0 Å². The van der Waals surface area contributed by atoms with Crippen LogP contribution in [0.4, 0.5) is 5.69 Å². The lowest BCUT2D eigenvalue weighted by Crippen LogP contribution is -2.17. The molecular weight excluding hydrogens is 261 g/mol. The first-order chi connectivity index (χ1) is 8.11. The van der Waals surface area contributed by atoms with E-state index in [1.165, 1.54) is 0 Å². The number of hydrogen-bond donors (Lipinski definition) is 1. The monoisotopic (exact) mass is 273 g/mol. The van der Waals surface area contributed by atoms with Crippen molar-refractivity contribution in [1.29, 1.82) is 0 Å². The fraction of sp³-hybridized carbons (Fsp3) is 0.417. The van der Waals surface area contributed by atoms with Crippen molar-refractivity contribution in [1.82, 2.24) is 0 Å². The van der Waals surface area contributed by atoms with E-state index in [1.807, 2.05) is 12.1 Å². The summed E-state index contributed by atoms with van der Waals surface area (Å²) in [6.07, 6.45) is 0.281. The lowest BCUT2D eigenvalue weighted by atomic mass is 9.98. The summed E-state index contributed by atoms with van der Waals surface area (Å²) in [6.45, 7) is 2.18. The summed E-state index contributed by atoms with van der Waals surface area (Å²) in [6, 6.07) is 5.52. The van der Waals surface area contributed by atoms with Crippen molar-refractivity contribution < 1.29 is 9.53 Å². The number of anilines is 1. The first-order valence-electron chi connectivity index (χ1n) is 5.47. The van der Waals surface area contributed by atoms with Crippen LogP contribution in [0.5, 0.6) is 0 Å². The van der Waals surface area contributed by atoms with Crippen molar-refractivity contribution in [3.05, 3.63) is 28.8 Å². The Bertz CT molecular complexity index is 437. The van der Waals surface area contributed by atoms with Gasteiger partial charge in [0.05, 0.1) is 13.0 Å². The van der Waals surface area contributed by atoms with E-state index in [-0.39, 0.29) is 23.8 Å². The normalized spacial score (nSPS) is 21.8. The molecule has 0 aromatic heterocycles. The fourth-order valence-corrected chi connectivity index (χ4v) is 2.51. The van der Waals surface area contributed by atoms with Crippen molar-refractivity contribution in [3.63, 3.8) is 0 Å².